The number of aliphatic hydroxyl groups excluding tert-OH is 1. The average Bonchev–Trinajstić information content (AvgIpc) is 2.46. The maximum Gasteiger partial charge on any atom is 0.106 e. The Hall–Kier alpha value is -0.870. The van der Waals surface area contributed by atoms with E-state index in [1.807, 2.05) is 0 Å². The highest BCUT2D eigenvalue weighted by atomic mass is 16.4. The number of aliphatic carboxylic acids is 1. The van der Waals surface area contributed by atoms with Gasteiger partial charge in [-0.3, -0.25) is 0 Å². The zero-order valence-corrected chi connectivity index (χ0v) is 14.0. The van der Waals surface area contributed by atoms with Gasteiger partial charge in [-0.1, -0.05) is 25.5 Å². The molecular formula is C17H33NO3. The summed E-state index contributed by atoms with van der Waals surface area (Å²) in [5, 5.41) is 20.7. The summed E-state index contributed by atoms with van der Waals surface area (Å²) in [7, 11) is 0. The quantitative estimate of drug-likeness (QED) is 0.321. The van der Waals surface area contributed by atoms with Gasteiger partial charge in [0.05, 0.1) is 19.6 Å². The van der Waals surface area contributed by atoms with Crippen molar-refractivity contribution in [2.24, 2.45) is 0 Å². The highest BCUT2D eigenvalue weighted by Gasteiger charge is 2.25. The molecule has 0 rings (SSSR count). The Labute approximate surface area is 130 Å². The van der Waals surface area contributed by atoms with Gasteiger partial charge in [-0.25, -0.2) is 0 Å². The van der Waals surface area contributed by atoms with Gasteiger partial charge in [0.15, 0.2) is 0 Å². The first-order valence-electron chi connectivity index (χ1n) is 8.37. The fraction of sp³-hybridized carbons (Fsp3) is 0.824. The molecule has 0 aliphatic heterocycles. The largest absolute Gasteiger partial charge is 0.550 e. The van der Waals surface area contributed by atoms with Crippen LogP contribution < -0.4 is 5.11 Å². The molecule has 0 saturated heterocycles. The van der Waals surface area contributed by atoms with Gasteiger partial charge in [-0.2, -0.15) is 0 Å². The number of carboxylic acids is 1. The van der Waals surface area contributed by atoms with E-state index in [0.29, 0.717) is 12.8 Å². The fourth-order valence-corrected chi connectivity index (χ4v) is 2.67. The predicted molar refractivity (Wildman–Crippen MR) is 84.6 cm³/mol. The molecule has 0 saturated carbocycles. The van der Waals surface area contributed by atoms with Crippen LogP contribution in [0.1, 0.15) is 59.3 Å². The van der Waals surface area contributed by atoms with Crippen molar-refractivity contribution in [2.75, 3.05) is 26.2 Å². The molecule has 124 valence electrons. The van der Waals surface area contributed by atoms with Crippen molar-refractivity contribution < 1.29 is 19.5 Å². The smallest absolute Gasteiger partial charge is 0.106 e. The molecule has 0 aliphatic carbocycles. The summed E-state index contributed by atoms with van der Waals surface area (Å²) in [6, 6.07) is 0. The van der Waals surface area contributed by atoms with Crippen LogP contribution >= 0.6 is 0 Å². The van der Waals surface area contributed by atoms with Gasteiger partial charge in [0.1, 0.15) is 12.6 Å². The Kier molecular flexibility index (Phi) is 11.3. The minimum Gasteiger partial charge on any atom is -0.550 e. The van der Waals surface area contributed by atoms with Crippen LogP contribution in [0.5, 0.6) is 0 Å². The van der Waals surface area contributed by atoms with Crippen LogP contribution in [-0.2, 0) is 4.79 Å². The molecule has 1 atom stereocenters. The lowest BCUT2D eigenvalue weighted by molar-refractivity contribution is -0.927. The van der Waals surface area contributed by atoms with E-state index in [1.165, 1.54) is 0 Å². The summed E-state index contributed by atoms with van der Waals surface area (Å²) in [4.78, 5) is 10.4. The molecule has 0 aromatic rings. The van der Waals surface area contributed by atoms with Crippen molar-refractivity contribution in [3.05, 3.63) is 12.2 Å². The first kappa shape index (κ1) is 20.1. The normalized spacial score (nSPS) is 13.7. The minimum absolute atomic E-state index is 0.135. The van der Waals surface area contributed by atoms with Crippen LogP contribution in [0.15, 0.2) is 12.2 Å². The Morgan fingerprint density at radius 3 is 2.38 bits per heavy atom. The molecule has 0 spiro atoms. The summed E-state index contributed by atoms with van der Waals surface area (Å²) in [6.45, 7) is 10.0. The molecule has 4 heteroatoms. The van der Waals surface area contributed by atoms with Gasteiger partial charge in [0, 0.05) is 5.97 Å². The number of unbranched alkanes of at least 4 members (excludes halogenated alkanes) is 2. The number of carbonyl (C=O) groups is 1. The monoisotopic (exact) mass is 299 g/mol. The van der Waals surface area contributed by atoms with Crippen LogP contribution in [0.2, 0.25) is 0 Å². The molecule has 0 aliphatic rings. The van der Waals surface area contributed by atoms with E-state index in [2.05, 4.69) is 32.9 Å². The highest BCUT2D eigenvalue weighted by molar-refractivity contribution is 5.64. The number of carboxylic acid groups (broad SMARTS) is 1. The Bertz CT molecular complexity index is 298. The van der Waals surface area contributed by atoms with E-state index in [4.69, 9.17) is 0 Å². The Morgan fingerprint density at radius 2 is 1.86 bits per heavy atom. The SMILES string of the molecule is CCC/C=C/CC(O)C[N+](CC)(CC)CCCCC(=O)[O-]. The molecule has 0 bridgehead atoms. The zero-order valence-electron chi connectivity index (χ0n) is 14.0. The Morgan fingerprint density at radius 1 is 1.19 bits per heavy atom. The van der Waals surface area contributed by atoms with Crippen LogP contribution in [0, 0.1) is 0 Å². The number of quaternary nitrogens is 1. The molecule has 1 N–H and O–H groups in total. The van der Waals surface area contributed by atoms with Gasteiger partial charge in [-0.15, -0.1) is 0 Å². The number of nitrogens with zero attached hydrogens (tertiary/aromatic N) is 1. The lowest BCUT2D eigenvalue weighted by Gasteiger charge is -2.38. The summed E-state index contributed by atoms with van der Waals surface area (Å²) in [5.41, 5.74) is 0. The van der Waals surface area contributed by atoms with Crippen LogP contribution in [-0.4, -0.2) is 47.8 Å². The molecule has 0 heterocycles. The lowest BCUT2D eigenvalue weighted by atomic mass is 10.1. The lowest BCUT2D eigenvalue weighted by Crippen LogP contribution is -2.52. The van der Waals surface area contributed by atoms with E-state index in [1.54, 1.807) is 0 Å². The highest BCUT2D eigenvalue weighted by Crippen LogP contribution is 2.13. The minimum atomic E-state index is -0.970. The van der Waals surface area contributed by atoms with Gasteiger partial charge in [-0.05, 0) is 46.0 Å². The summed E-state index contributed by atoms with van der Waals surface area (Å²) >= 11 is 0. The second kappa shape index (κ2) is 11.8. The van der Waals surface area contributed by atoms with Crippen molar-refractivity contribution in [3.8, 4) is 0 Å². The molecule has 0 radical (unpaired) electrons. The fourth-order valence-electron chi connectivity index (χ4n) is 2.67. The first-order chi connectivity index (χ1) is 9.99. The van der Waals surface area contributed by atoms with E-state index < -0.39 is 5.97 Å². The molecule has 0 aromatic heterocycles. The first-order valence-corrected chi connectivity index (χ1v) is 8.37. The van der Waals surface area contributed by atoms with Gasteiger partial charge < -0.3 is 19.5 Å². The molecule has 4 nitrogen and oxygen atoms in total. The standard InChI is InChI=1S/C17H33NO3/c1-4-7-8-9-12-16(19)15-18(5-2,6-3)14-11-10-13-17(20)21/h8-9,16,19H,4-7,10-15H2,1-3H3/b9-8+. The Balaban J connectivity index is 4.26. The third kappa shape index (κ3) is 9.64. The average molecular weight is 299 g/mol. The second-order valence-corrected chi connectivity index (χ2v) is 5.86. The van der Waals surface area contributed by atoms with Crippen molar-refractivity contribution in [2.45, 2.75) is 65.4 Å². The number of carbonyl (C=O) groups excluding carboxylic acids is 1. The van der Waals surface area contributed by atoms with E-state index in [-0.39, 0.29) is 12.5 Å². The number of likely N-dealkylation sites (N-methyl/N-ethyl adjacent to an activating group) is 1. The van der Waals surface area contributed by atoms with Crippen molar-refractivity contribution >= 4 is 5.97 Å². The number of allylic oxidation sites excluding steroid dienone is 1. The number of hydrogen-bond donors (Lipinski definition) is 1. The third-order valence-corrected chi connectivity index (χ3v) is 4.23. The molecule has 21 heavy (non-hydrogen) atoms. The topological polar surface area (TPSA) is 60.4 Å². The van der Waals surface area contributed by atoms with Crippen molar-refractivity contribution in [3.63, 3.8) is 0 Å². The van der Waals surface area contributed by atoms with E-state index >= 15 is 0 Å². The molecule has 0 amide bonds. The van der Waals surface area contributed by atoms with Gasteiger partial charge >= 0.3 is 0 Å². The molecular weight excluding hydrogens is 266 g/mol. The van der Waals surface area contributed by atoms with E-state index in [0.717, 1.165) is 49.9 Å². The number of aliphatic hydroxyl groups is 1. The maximum atomic E-state index is 10.4. The van der Waals surface area contributed by atoms with Gasteiger partial charge in [0.25, 0.3) is 0 Å². The molecule has 0 fully saturated rings. The predicted octanol–water partition coefficient (Wildman–Crippen LogP) is 1.87. The number of hydrogen-bond acceptors (Lipinski definition) is 3. The third-order valence-electron chi connectivity index (χ3n) is 4.23. The van der Waals surface area contributed by atoms with E-state index in [9.17, 15) is 15.0 Å². The molecule has 1 unspecified atom stereocenters. The van der Waals surface area contributed by atoms with Gasteiger partial charge in [0.2, 0.25) is 0 Å². The van der Waals surface area contributed by atoms with Crippen LogP contribution in [0.4, 0.5) is 0 Å². The zero-order chi connectivity index (χ0) is 16.1. The molecule has 0 aromatic carbocycles. The summed E-state index contributed by atoms with van der Waals surface area (Å²) in [6.07, 6.45) is 8.46. The number of rotatable bonds is 13. The summed E-state index contributed by atoms with van der Waals surface area (Å²) < 4.78 is 0.857. The van der Waals surface area contributed by atoms with Crippen molar-refractivity contribution in [1.29, 1.82) is 0 Å². The van der Waals surface area contributed by atoms with Crippen LogP contribution in [0.25, 0.3) is 0 Å². The van der Waals surface area contributed by atoms with Crippen molar-refractivity contribution in [1.82, 2.24) is 0 Å². The summed E-state index contributed by atoms with van der Waals surface area (Å²) in [5.74, 6) is -0.970. The maximum absolute atomic E-state index is 10.4. The second-order valence-electron chi connectivity index (χ2n) is 5.86. The van der Waals surface area contributed by atoms with Crippen LogP contribution in [0.3, 0.4) is 0 Å².